The minimum absolute atomic E-state index is 0.104. The average molecular weight is 569 g/mol. The maximum atomic E-state index is 6.33. The van der Waals surface area contributed by atoms with Crippen molar-refractivity contribution in [2.45, 2.75) is 64.1 Å². The first-order chi connectivity index (χ1) is 15.1. The predicted molar refractivity (Wildman–Crippen MR) is 146 cm³/mol. The standard InChI is InChI=1S/C18H40O6S5Si2/c1-7-19-30(20-8-2,21-9-3)17-13-15-25-28-29-26-16-14-18(27-17)31(22-10-4,23-11-5)24-12-6/h17-18H,7-16H2,1-6H3. The zero-order valence-electron chi connectivity index (χ0n) is 19.7. The third kappa shape index (κ3) is 10.2. The van der Waals surface area contributed by atoms with Crippen molar-refractivity contribution in [1.82, 2.24) is 0 Å². The zero-order valence-corrected chi connectivity index (χ0v) is 25.8. The van der Waals surface area contributed by atoms with E-state index in [1.807, 2.05) is 94.5 Å². The molecule has 0 aromatic heterocycles. The molecule has 0 spiro atoms. The lowest BCUT2D eigenvalue weighted by atomic mass is 10.5. The highest BCUT2D eigenvalue weighted by Crippen LogP contribution is 2.47. The summed E-state index contributed by atoms with van der Waals surface area (Å²) in [7, 11) is 1.66. The van der Waals surface area contributed by atoms with Crippen LogP contribution >= 0.6 is 53.0 Å². The van der Waals surface area contributed by atoms with E-state index in [2.05, 4.69) is 0 Å². The number of hydrogen-bond acceptors (Lipinski definition) is 11. The Morgan fingerprint density at radius 1 is 0.548 bits per heavy atom. The van der Waals surface area contributed by atoms with Gasteiger partial charge in [-0.1, -0.05) is 21.6 Å². The molecule has 6 nitrogen and oxygen atoms in total. The summed E-state index contributed by atoms with van der Waals surface area (Å²) < 4.78 is 38.0. The summed E-state index contributed by atoms with van der Waals surface area (Å²) in [5.41, 5.74) is 0. The fourth-order valence-electron chi connectivity index (χ4n) is 3.29. The molecule has 1 rings (SSSR count). The molecule has 2 unspecified atom stereocenters. The van der Waals surface area contributed by atoms with Crippen molar-refractivity contribution in [3.63, 3.8) is 0 Å². The third-order valence-electron chi connectivity index (χ3n) is 4.24. The molecule has 1 saturated heterocycles. The van der Waals surface area contributed by atoms with E-state index >= 15 is 0 Å². The molecule has 31 heavy (non-hydrogen) atoms. The summed E-state index contributed by atoms with van der Waals surface area (Å²) in [6.45, 7) is 15.6. The Kier molecular flexibility index (Phi) is 18.2. The predicted octanol–water partition coefficient (Wildman–Crippen LogP) is 6.10. The van der Waals surface area contributed by atoms with Gasteiger partial charge in [-0.2, -0.15) is 0 Å². The Labute approximate surface area is 211 Å². The van der Waals surface area contributed by atoms with Crippen LogP contribution in [0.15, 0.2) is 0 Å². The fraction of sp³-hybridized carbons (Fsp3) is 1.00. The van der Waals surface area contributed by atoms with Crippen molar-refractivity contribution >= 4 is 70.6 Å². The summed E-state index contributed by atoms with van der Waals surface area (Å²) >= 11 is 1.88. The van der Waals surface area contributed by atoms with Gasteiger partial charge < -0.3 is 26.6 Å². The van der Waals surface area contributed by atoms with Crippen LogP contribution in [0.5, 0.6) is 0 Å². The van der Waals surface area contributed by atoms with E-state index < -0.39 is 17.6 Å². The summed E-state index contributed by atoms with van der Waals surface area (Å²) in [6, 6.07) is 0. The Morgan fingerprint density at radius 2 is 0.839 bits per heavy atom. The molecule has 13 heteroatoms. The largest absolute Gasteiger partial charge is 0.514 e. The van der Waals surface area contributed by atoms with Crippen LogP contribution in [0, 0.1) is 0 Å². The molecule has 0 aliphatic carbocycles. The zero-order chi connectivity index (χ0) is 23.0. The highest BCUT2D eigenvalue weighted by atomic mass is 33.7. The molecular formula is C18H40O6S5Si2. The van der Waals surface area contributed by atoms with Crippen LogP contribution in [0.3, 0.4) is 0 Å². The van der Waals surface area contributed by atoms with Crippen molar-refractivity contribution in [2.75, 3.05) is 51.1 Å². The van der Waals surface area contributed by atoms with Gasteiger partial charge in [-0.25, -0.2) is 0 Å². The molecule has 186 valence electrons. The molecule has 0 aromatic carbocycles. The number of hydrogen-bond donors (Lipinski definition) is 0. The van der Waals surface area contributed by atoms with Gasteiger partial charge in [0, 0.05) is 51.1 Å². The van der Waals surface area contributed by atoms with E-state index in [9.17, 15) is 0 Å². The Hall–Kier alpha value is 1.94. The number of rotatable bonds is 14. The van der Waals surface area contributed by atoms with Crippen molar-refractivity contribution in [2.24, 2.45) is 0 Å². The van der Waals surface area contributed by atoms with E-state index in [4.69, 9.17) is 26.6 Å². The molecule has 1 aliphatic rings. The summed E-state index contributed by atoms with van der Waals surface area (Å²) in [5, 5.41) is 0. The van der Waals surface area contributed by atoms with E-state index in [1.165, 1.54) is 0 Å². The maximum Gasteiger partial charge on any atom is 0.514 e. The smallest absolute Gasteiger partial charge is 0.373 e. The Morgan fingerprint density at radius 3 is 1.10 bits per heavy atom. The van der Waals surface area contributed by atoms with Gasteiger partial charge >= 0.3 is 17.6 Å². The average Bonchev–Trinajstić information content (AvgIpc) is 2.79. The second kappa shape index (κ2) is 18.2. The van der Waals surface area contributed by atoms with Crippen LogP contribution < -0.4 is 0 Å². The molecule has 1 aliphatic heterocycles. The minimum atomic E-state index is -2.91. The fourth-order valence-corrected chi connectivity index (χ4v) is 20.0. The maximum absolute atomic E-state index is 6.33. The summed E-state index contributed by atoms with van der Waals surface area (Å²) in [5.74, 6) is 2.02. The van der Waals surface area contributed by atoms with Crippen molar-refractivity contribution < 1.29 is 26.6 Å². The molecule has 0 aromatic rings. The van der Waals surface area contributed by atoms with Gasteiger partial charge in [0.25, 0.3) is 0 Å². The molecule has 0 saturated carbocycles. The van der Waals surface area contributed by atoms with Crippen LogP contribution in [0.1, 0.15) is 54.4 Å². The molecule has 1 fully saturated rings. The lowest BCUT2D eigenvalue weighted by Crippen LogP contribution is -2.60. The highest BCUT2D eigenvalue weighted by molar-refractivity contribution is 9.26. The number of thioether (sulfide) groups is 1. The Balaban J connectivity index is 3.37. The van der Waals surface area contributed by atoms with Gasteiger partial charge in [0.15, 0.2) is 0 Å². The van der Waals surface area contributed by atoms with Gasteiger partial charge in [0.1, 0.15) is 0 Å². The van der Waals surface area contributed by atoms with Crippen LogP contribution in [0.2, 0.25) is 0 Å². The normalized spacial score (nSPS) is 22.3. The Bertz CT molecular complexity index is 386. The van der Waals surface area contributed by atoms with Crippen molar-refractivity contribution in [1.29, 1.82) is 0 Å². The quantitative estimate of drug-likeness (QED) is 0.180. The van der Waals surface area contributed by atoms with E-state index in [0.29, 0.717) is 39.6 Å². The van der Waals surface area contributed by atoms with Crippen LogP contribution in [-0.2, 0) is 26.6 Å². The van der Waals surface area contributed by atoms with E-state index in [0.717, 1.165) is 24.3 Å². The second-order valence-corrected chi connectivity index (χ2v) is 20.3. The van der Waals surface area contributed by atoms with E-state index in [-0.39, 0.29) is 9.75 Å². The van der Waals surface area contributed by atoms with Crippen LogP contribution in [0.4, 0.5) is 0 Å². The van der Waals surface area contributed by atoms with Gasteiger partial charge in [-0.15, -0.1) is 11.8 Å². The lowest BCUT2D eigenvalue weighted by Gasteiger charge is -2.40. The monoisotopic (exact) mass is 568 g/mol. The molecule has 2 atom stereocenters. The van der Waals surface area contributed by atoms with Crippen molar-refractivity contribution in [3.8, 4) is 0 Å². The minimum Gasteiger partial charge on any atom is -0.373 e. The van der Waals surface area contributed by atoms with E-state index in [1.54, 1.807) is 0 Å². The lowest BCUT2D eigenvalue weighted by molar-refractivity contribution is 0.0675. The first-order valence-corrected chi connectivity index (χ1v) is 20.8. The van der Waals surface area contributed by atoms with Crippen LogP contribution in [-0.4, -0.2) is 78.5 Å². The van der Waals surface area contributed by atoms with Gasteiger partial charge in [-0.05, 0) is 74.0 Å². The molecule has 0 radical (unpaired) electrons. The SMILES string of the molecule is CCO[Si](OCC)(OCC)C1CCSSSSCCC([Si](OCC)(OCC)OCC)S1. The molecule has 0 N–H and O–H groups in total. The first kappa shape index (κ1) is 31.0. The summed E-state index contributed by atoms with van der Waals surface area (Å²) in [4.78, 5) is 0.207. The van der Waals surface area contributed by atoms with Crippen LogP contribution in [0.25, 0.3) is 0 Å². The third-order valence-corrected chi connectivity index (χ3v) is 20.7. The van der Waals surface area contributed by atoms with Gasteiger partial charge in [0.05, 0.1) is 9.75 Å². The van der Waals surface area contributed by atoms with Crippen molar-refractivity contribution in [3.05, 3.63) is 0 Å². The molecule has 0 bridgehead atoms. The second-order valence-electron chi connectivity index (χ2n) is 6.28. The highest BCUT2D eigenvalue weighted by Gasteiger charge is 2.56. The topological polar surface area (TPSA) is 55.4 Å². The molecular weight excluding hydrogens is 529 g/mol. The first-order valence-electron chi connectivity index (χ1n) is 11.1. The molecule has 0 amide bonds. The van der Waals surface area contributed by atoms with Gasteiger partial charge in [-0.3, -0.25) is 0 Å². The van der Waals surface area contributed by atoms with Gasteiger partial charge in [0.2, 0.25) is 0 Å². The summed E-state index contributed by atoms with van der Waals surface area (Å²) in [6.07, 6.45) is 1.90. The molecule has 1 heterocycles.